The second-order valence-corrected chi connectivity index (χ2v) is 40.2. The molecule has 30 aromatic rings. The summed E-state index contributed by atoms with van der Waals surface area (Å²) in [5.41, 5.74) is 22.6. The Morgan fingerprint density at radius 3 is 1.02 bits per heavy atom. The van der Waals surface area contributed by atoms with Gasteiger partial charge in [0, 0.05) is 175 Å². The monoisotopic (exact) mass is 1760 g/mol. The third-order valence-electron chi connectivity index (χ3n) is 26.8. The number of benzene rings is 20. The zero-order valence-electron chi connectivity index (χ0n) is 69.5. The lowest BCUT2D eigenvalue weighted by Gasteiger charge is -2.10. The Hall–Kier alpha value is -15.1. The normalized spacial score (nSPS) is 12.2. The van der Waals surface area contributed by atoms with Crippen molar-refractivity contribution < 1.29 is 4.42 Å². The molecule has 0 amide bonds. The lowest BCUT2D eigenvalue weighted by atomic mass is 9.96. The van der Waals surface area contributed by atoms with Gasteiger partial charge in [0.25, 0.3) is 0 Å². The lowest BCUT2D eigenvalue weighted by Crippen LogP contribution is -1.94. The zero-order valence-corrected chi connectivity index (χ0v) is 74.4. The van der Waals surface area contributed by atoms with Gasteiger partial charge in [-0.1, -0.05) is 279 Å². The summed E-state index contributed by atoms with van der Waals surface area (Å²) in [4.78, 5) is 0. The van der Waals surface area contributed by atoms with E-state index in [1.54, 1.807) is 0 Å². The van der Waals surface area contributed by atoms with Crippen molar-refractivity contribution in [1.29, 1.82) is 0 Å². The van der Waals surface area contributed by atoms with E-state index in [1.165, 1.54) is 242 Å². The molecule has 30 rings (SSSR count). The Morgan fingerprint density at radius 1 is 0.169 bits per heavy atom. The first-order valence-corrected chi connectivity index (χ1v) is 48.9. The molecule has 10 heteroatoms. The SMILES string of the molecule is c1ccc(-n2c3ccccc3c3cc(-c4ccc(-c5cccc6sc7ccc8c9ccccc9sc8c7c56)cc4)ccc32)cc1.c1ccc(-n2c3ccccc3c3ccc(-c4cccc5sc6ccc7c8ccccc8sc7c6c45)cc32)cc1.c1ccc2c(c1)oc1c(-n3c4ccccc4c4cc(-c5cccc6sc7ccc8c9ccccc9sc8c7c56)ccc43)cccc12. The molecule has 0 aliphatic heterocycles. The summed E-state index contributed by atoms with van der Waals surface area (Å²) in [6, 6.07) is 153. The van der Waals surface area contributed by atoms with Gasteiger partial charge < -0.3 is 18.1 Å². The number of furan rings is 1. The van der Waals surface area contributed by atoms with Gasteiger partial charge in [0.05, 0.1) is 38.8 Å². The molecule has 0 saturated heterocycles. The number of hydrogen-bond donors (Lipinski definition) is 0. The molecule has 0 saturated carbocycles. The Labute approximate surface area is 767 Å². The molecule has 0 fully saturated rings. The lowest BCUT2D eigenvalue weighted by molar-refractivity contribution is 0.666. The molecule has 606 valence electrons. The van der Waals surface area contributed by atoms with E-state index >= 15 is 0 Å². The summed E-state index contributed by atoms with van der Waals surface area (Å²) >= 11 is 11.5. The first-order valence-electron chi connectivity index (χ1n) is 44.0. The average Bonchev–Trinajstić information content (AvgIpc) is 1.55. The molecular formula is C120H69N3OS6. The third kappa shape index (κ3) is 11.3. The fourth-order valence-electron chi connectivity index (χ4n) is 21.1. The largest absolute Gasteiger partial charge is 0.454 e. The topological polar surface area (TPSA) is 27.9 Å². The van der Waals surface area contributed by atoms with Crippen LogP contribution < -0.4 is 0 Å². The van der Waals surface area contributed by atoms with Crippen LogP contribution in [-0.4, -0.2) is 13.7 Å². The molecule has 20 aromatic carbocycles. The van der Waals surface area contributed by atoms with Crippen LogP contribution in [0.2, 0.25) is 0 Å². The highest BCUT2D eigenvalue weighted by Gasteiger charge is 2.25. The van der Waals surface area contributed by atoms with Gasteiger partial charge in [-0.3, -0.25) is 0 Å². The van der Waals surface area contributed by atoms with Gasteiger partial charge in [-0.15, -0.1) is 68.0 Å². The van der Waals surface area contributed by atoms with Crippen LogP contribution in [0.4, 0.5) is 0 Å². The first kappa shape index (κ1) is 74.0. The van der Waals surface area contributed by atoms with Crippen LogP contribution in [0.15, 0.2) is 423 Å². The van der Waals surface area contributed by atoms with Crippen LogP contribution in [0.5, 0.6) is 0 Å². The molecule has 0 aliphatic carbocycles. The number of fused-ring (bicyclic) bond motifs is 33. The first-order chi connectivity index (χ1) is 64.5. The van der Waals surface area contributed by atoms with Crippen molar-refractivity contribution >= 4 is 276 Å². The second kappa shape index (κ2) is 29.2. The highest BCUT2D eigenvalue weighted by Crippen LogP contribution is 2.53. The zero-order chi connectivity index (χ0) is 84.9. The van der Waals surface area contributed by atoms with Crippen molar-refractivity contribution in [3.8, 4) is 61.6 Å². The molecule has 0 spiro atoms. The third-order valence-corrected chi connectivity index (χ3v) is 33.8. The molecule has 0 atom stereocenters. The van der Waals surface area contributed by atoms with Crippen LogP contribution in [0.25, 0.3) is 270 Å². The van der Waals surface area contributed by atoms with Gasteiger partial charge in [0.2, 0.25) is 0 Å². The van der Waals surface area contributed by atoms with Crippen LogP contribution >= 0.6 is 68.0 Å². The van der Waals surface area contributed by atoms with E-state index in [2.05, 4.69) is 426 Å². The minimum Gasteiger partial charge on any atom is -0.454 e. The van der Waals surface area contributed by atoms with E-state index in [9.17, 15) is 0 Å². The molecule has 0 N–H and O–H groups in total. The Balaban J connectivity index is 0.0000000984. The van der Waals surface area contributed by atoms with Gasteiger partial charge in [-0.05, 0) is 184 Å². The number of nitrogens with zero attached hydrogens (tertiary/aromatic N) is 3. The Bertz CT molecular complexity index is 9970. The van der Waals surface area contributed by atoms with Crippen LogP contribution in [0.3, 0.4) is 0 Å². The van der Waals surface area contributed by atoms with Gasteiger partial charge >= 0.3 is 0 Å². The molecule has 0 aliphatic rings. The van der Waals surface area contributed by atoms with E-state index in [0.29, 0.717) is 0 Å². The second-order valence-electron chi connectivity index (χ2n) is 33.8. The number of hydrogen-bond acceptors (Lipinski definition) is 7. The standard InChI is InChI=1S/C42H23NOS2.C42H25NS2.C36H21NS2/c1-4-14-32-26(9-1)31-23-24(19-21-33(31)43(32)34-15-7-13-29-27-10-2-5-16-35(27)44-41(29)34)25-12-8-18-37-39(25)40-38(45-37)22-20-30-28-11-3-6-17-36(28)46-42(30)40;1-2-9-29(10-3-1)43-35-14-6-4-11-31(35)34-25-28(21-23-36(34)43)26-17-19-27(20-18-26)30-13-8-16-38-40(30)41-39(44-38)24-22-33-32-12-5-7-15-37(32)45-42(33)41;1-2-9-23(10-3-1)37-29-14-6-4-11-25(29)26-18-17-22(21-30(26)37)24-13-8-16-32-34(24)35-33(38-32)20-19-28-27-12-5-7-15-31(27)39-36(28)35/h1-23H;1-25H;1-21H. The van der Waals surface area contributed by atoms with Crippen molar-refractivity contribution in [3.05, 3.63) is 419 Å². The smallest absolute Gasteiger partial charge is 0.159 e. The molecule has 10 heterocycles. The highest BCUT2D eigenvalue weighted by molar-refractivity contribution is 7.31. The highest BCUT2D eigenvalue weighted by atomic mass is 32.1. The van der Waals surface area contributed by atoms with Gasteiger partial charge in [-0.25, -0.2) is 0 Å². The maximum atomic E-state index is 6.52. The number of aromatic nitrogens is 3. The van der Waals surface area contributed by atoms with Crippen LogP contribution in [0, 0.1) is 0 Å². The number of thiophene rings is 6. The van der Waals surface area contributed by atoms with E-state index in [1.807, 2.05) is 74.1 Å². The fraction of sp³-hybridized carbons (Fsp3) is 0. The molecular weight excluding hydrogens is 1690 g/mol. The van der Waals surface area contributed by atoms with E-state index < -0.39 is 0 Å². The summed E-state index contributed by atoms with van der Waals surface area (Å²) in [6.45, 7) is 0. The predicted octanol–water partition coefficient (Wildman–Crippen LogP) is 37.1. The van der Waals surface area contributed by atoms with E-state index in [4.69, 9.17) is 4.42 Å². The molecule has 0 bridgehead atoms. The molecule has 10 aromatic heterocycles. The minimum absolute atomic E-state index is 0.914. The summed E-state index contributed by atoms with van der Waals surface area (Å²) in [5.74, 6) is 0. The fourth-order valence-corrected chi connectivity index (χ4v) is 28.5. The minimum atomic E-state index is 0.914. The van der Waals surface area contributed by atoms with Gasteiger partial charge in [0.1, 0.15) is 5.58 Å². The Kier molecular flexibility index (Phi) is 16.6. The average molecular weight is 1760 g/mol. The predicted molar refractivity (Wildman–Crippen MR) is 569 cm³/mol. The van der Waals surface area contributed by atoms with Gasteiger partial charge in [0.15, 0.2) is 5.58 Å². The molecule has 4 nitrogen and oxygen atoms in total. The van der Waals surface area contributed by atoms with Crippen LogP contribution in [0.1, 0.15) is 0 Å². The summed E-state index contributed by atoms with van der Waals surface area (Å²) in [5, 5.41) is 26.3. The summed E-state index contributed by atoms with van der Waals surface area (Å²) in [6.07, 6.45) is 0. The van der Waals surface area contributed by atoms with Crippen LogP contribution in [-0.2, 0) is 0 Å². The van der Waals surface area contributed by atoms with Crippen molar-refractivity contribution in [3.63, 3.8) is 0 Å². The van der Waals surface area contributed by atoms with Crippen molar-refractivity contribution in [2.75, 3.05) is 0 Å². The molecule has 0 unspecified atom stereocenters. The van der Waals surface area contributed by atoms with E-state index in [0.717, 1.165) is 27.6 Å². The van der Waals surface area contributed by atoms with Gasteiger partial charge in [-0.2, -0.15) is 0 Å². The molecule has 0 radical (unpaired) electrons. The maximum Gasteiger partial charge on any atom is 0.159 e. The Morgan fingerprint density at radius 2 is 0.500 bits per heavy atom. The quantitative estimate of drug-likeness (QED) is 0.156. The van der Waals surface area contributed by atoms with Crippen molar-refractivity contribution in [1.82, 2.24) is 13.7 Å². The van der Waals surface area contributed by atoms with Crippen molar-refractivity contribution in [2.45, 2.75) is 0 Å². The summed E-state index contributed by atoms with van der Waals surface area (Å²) in [7, 11) is 0. The number of para-hydroxylation sites is 7. The summed E-state index contributed by atoms with van der Waals surface area (Å²) < 4.78 is 30.0. The van der Waals surface area contributed by atoms with Crippen molar-refractivity contribution in [2.24, 2.45) is 0 Å². The number of rotatable bonds is 7. The molecule has 130 heavy (non-hydrogen) atoms. The maximum absolute atomic E-state index is 6.52. The van der Waals surface area contributed by atoms with E-state index in [-0.39, 0.29) is 0 Å².